The van der Waals surface area contributed by atoms with Gasteiger partial charge in [0.1, 0.15) is 5.75 Å². The van der Waals surface area contributed by atoms with Crippen LogP contribution in [0.2, 0.25) is 0 Å². The van der Waals surface area contributed by atoms with Gasteiger partial charge in [-0.05, 0) is 42.0 Å². The third-order valence-corrected chi connectivity index (χ3v) is 4.16. The minimum absolute atomic E-state index is 0.0344. The number of hydrogen-bond acceptors (Lipinski definition) is 4. The summed E-state index contributed by atoms with van der Waals surface area (Å²) >= 11 is 0. The van der Waals surface area contributed by atoms with Crippen LogP contribution in [-0.2, 0) is 11.3 Å². The predicted octanol–water partition coefficient (Wildman–Crippen LogP) is 3.38. The van der Waals surface area contributed by atoms with Gasteiger partial charge in [0.2, 0.25) is 0 Å². The molecule has 2 aromatic rings. The highest BCUT2D eigenvalue weighted by molar-refractivity contribution is 5.95. The lowest BCUT2D eigenvalue weighted by Crippen LogP contribution is -2.30. The zero-order valence-electron chi connectivity index (χ0n) is 15.9. The molecule has 1 amide bonds. The second kappa shape index (κ2) is 9.04. The average molecular weight is 354 g/mol. The summed E-state index contributed by atoms with van der Waals surface area (Å²) < 4.78 is 5.54. The van der Waals surface area contributed by atoms with Crippen LogP contribution in [-0.4, -0.2) is 44.3 Å². The number of nitrogens with zero attached hydrogens (tertiary/aromatic N) is 2. The summed E-state index contributed by atoms with van der Waals surface area (Å²) in [6.07, 6.45) is 0.471. The molecule has 0 fully saturated rings. The first-order chi connectivity index (χ1) is 12.4. The van der Waals surface area contributed by atoms with Gasteiger partial charge < -0.3 is 14.5 Å². The predicted molar refractivity (Wildman–Crippen MR) is 104 cm³/mol. The number of hydrogen-bond donors (Lipinski definition) is 0. The lowest BCUT2D eigenvalue weighted by Gasteiger charge is -2.18. The van der Waals surface area contributed by atoms with E-state index < -0.39 is 0 Å². The Balaban J connectivity index is 1.85. The Kier molecular flexibility index (Phi) is 6.78. The summed E-state index contributed by atoms with van der Waals surface area (Å²) in [5.74, 6) is 0.567. The minimum Gasteiger partial charge on any atom is -0.484 e. The van der Waals surface area contributed by atoms with Crippen LogP contribution in [0.25, 0.3) is 0 Å². The summed E-state index contributed by atoms with van der Waals surface area (Å²) in [6.45, 7) is 2.32. The molecule has 0 saturated heterocycles. The Bertz CT molecular complexity index is 737. The molecule has 0 bridgehead atoms. The summed E-state index contributed by atoms with van der Waals surface area (Å²) in [6, 6.07) is 15.0. The molecule has 2 rings (SSSR count). The van der Waals surface area contributed by atoms with E-state index in [0.29, 0.717) is 24.3 Å². The summed E-state index contributed by atoms with van der Waals surface area (Å²) in [7, 11) is 5.74. The molecular formula is C21H26N2O3. The van der Waals surface area contributed by atoms with Crippen molar-refractivity contribution in [3.8, 4) is 5.75 Å². The lowest BCUT2D eigenvalue weighted by atomic mass is 10.1. The van der Waals surface area contributed by atoms with Crippen LogP contribution >= 0.6 is 0 Å². The number of likely N-dealkylation sites (N-methyl/N-ethyl adjacent to an activating group) is 1. The van der Waals surface area contributed by atoms with Crippen molar-refractivity contribution in [3.05, 3.63) is 59.7 Å². The van der Waals surface area contributed by atoms with Gasteiger partial charge in [-0.3, -0.25) is 9.59 Å². The molecule has 0 aromatic heterocycles. The Morgan fingerprint density at radius 3 is 2.08 bits per heavy atom. The molecule has 0 heterocycles. The van der Waals surface area contributed by atoms with Crippen molar-refractivity contribution < 1.29 is 14.3 Å². The largest absolute Gasteiger partial charge is 0.484 e. The number of ether oxygens (including phenoxy) is 1. The summed E-state index contributed by atoms with van der Waals surface area (Å²) in [5.41, 5.74) is 2.84. The normalized spacial score (nSPS) is 10.3. The van der Waals surface area contributed by atoms with Crippen molar-refractivity contribution in [2.75, 3.05) is 32.6 Å². The molecular weight excluding hydrogens is 328 g/mol. The van der Waals surface area contributed by atoms with E-state index in [2.05, 4.69) is 0 Å². The van der Waals surface area contributed by atoms with Crippen molar-refractivity contribution in [3.63, 3.8) is 0 Å². The number of Topliss-reactive ketones (excluding diaryl/α,β-unsaturated/α-hetero) is 1. The molecule has 5 nitrogen and oxygen atoms in total. The maximum Gasteiger partial charge on any atom is 0.260 e. The van der Waals surface area contributed by atoms with Crippen LogP contribution in [0.3, 0.4) is 0 Å². The zero-order chi connectivity index (χ0) is 19.1. The van der Waals surface area contributed by atoms with Crippen LogP contribution in [0.4, 0.5) is 5.69 Å². The average Bonchev–Trinajstić information content (AvgIpc) is 2.66. The number of ketones is 1. The SMILES string of the molecule is CCC(=O)c1ccc(OCC(=O)N(C)Cc2ccc(N(C)C)cc2)cc1. The topological polar surface area (TPSA) is 49.9 Å². The molecule has 0 aliphatic rings. The second-order valence-corrected chi connectivity index (χ2v) is 6.40. The summed E-state index contributed by atoms with van der Waals surface area (Å²) in [4.78, 5) is 27.5. The third-order valence-electron chi connectivity index (χ3n) is 4.16. The Labute approximate surface area is 155 Å². The van der Waals surface area contributed by atoms with Crippen molar-refractivity contribution in [1.29, 1.82) is 0 Å². The monoisotopic (exact) mass is 354 g/mol. The number of amides is 1. The fourth-order valence-electron chi connectivity index (χ4n) is 2.46. The molecule has 5 heteroatoms. The third kappa shape index (κ3) is 5.34. The fraction of sp³-hybridized carbons (Fsp3) is 0.333. The van der Waals surface area contributed by atoms with Gasteiger partial charge in [-0.25, -0.2) is 0 Å². The molecule has 0 unspecified atom stereocenters. The van der Waals surface area contributed by atoms with Gasteiger partial charge >= 0.3 is 0 Å². The van der Waals surface area contributed by atoms with Crippen molar-refractivity contribution in [2.24, 2.45) is 0 Å². The van der Waals surface area contributed by atoms with E-state index in [0.717, 1.165) is 11.3 Å². The number of anilines is 1. The zero-order valence-corrected chi connectivity index (χ0v) is 15.9. The van der Waals surface area contributed by atoms with E-state index in [9.17, 15) is 9.59 Å². The molecule has 2 aromatic carbocycles. The van der Waals surface area contributed by atoms with Crippen LogP contribution in [0.15, 0.2) is 48.5 Å². The first-order valence-corrected chi connectivity index (χ1v) is 8.67. The number of benzene rings is 2. The van der Waals surface area contributed by atoms with Gasteiger partial charge in [0, 0.05) is 45.4 Å². The highest BCUT2D eigenvalue weighted by atomic mass is 16.5. The molecule has 0 radical (unpaired) electrons. The van der Waals surface area contributed by atoms with Gasteiger partial charge in [-0.1, -0.05) is 19.1 Å². The minimum atomic E-state index is -0.101. The quantitative estimate of drug-likeness (QED) is 0.682. The van der Waals surface area contributed by atoms with Crippen LogP contribution in [0.5, 0.6) is 5.75 Å². The van der Waals surface area contributed by atoms with Crippen LogP contribution < -0.4 is 9.64 Å². The van der Waals surface area contributed by atoms with E-state index in [4.69, 9.17) is 4.74 Å². The number of carbonyl (C=O) groups excluding carboxylic acids is 2. The Morgan fingerprint density at radius 2 is 1.54 bits per heavy atom. The molecule has 0 atom stereocenters. The fourth-order valence-corrected chi connectivity index (χ4v) is 2.46. The standard InChI is InChI=1S/C21H26N2O3/c1-5-20(24)17-8-12-19(13-9-17)26-15-21(25)23(4)14-16-6-10-18(11-7-16)22(2)3/h6-13H,5,14-15H2,1-4H3. The van der Waals surface area contributed by atoms with Crippen molar-refractivity contribution >= 4 is 17.4 Å². The lowest BCUT2D eigenvalue weighted by molar-refractivity contribution is -0.132. The van der Waals surface area contributed by atoms with Gasteiger partial charge in [0.15, 0.2) is 12.4 Å². The molecule has 0 aliphatic heterocycles. The highest BCUT2D eigenvalue weighted by Crippen LogP contribution is 2.15. The molecule has 0 N–H and O–H groups in total. The molecule has 26 heavy (non-hydrogen) atoms. The number of carbonyl (C=O) groups is 2. The van der Waals surface area contributed by atoms with E-state index in [1.165, 1.54) is 0 Å². The first-order valence-electron chi connectivity index (χ1n) is 8.67. The van der Waals surface area contributed by atoms with Crippen LogP contribution in [0, 0.1) is 0 Å². The Morgan fingerprint density at radius 1 is 0.923 bits per heavy atom. The van der Waals surface area contributed by atoms with E-state index in [-0.39, 0.29) is 18.3 Å². The van der Waals surface area contributed by atoms with Gasteiger partial charge in [-0.2, -0.15) is 0 Å². The Hall–Kier alpha value is -2.82. The van der Waals surface area contributed by atoms with Gasteiger partial charge in [0.25, 0.3) is 5.91 Å². The maximum absolute atomic E-state index is 12.3. The number of rotatable bonds is 8. The van der Waals surface area contributed by atoms with Crippen LogP contribution in [0.1, 0.15) is 29.3 Å². The molecule has 0 aliphatic carbocycles. The van der Waals surface area contributed by atoms with E-state index in [1.54, 1.807) is 36.2 Å². The van der Waals surface area contributed by atoms with Crippen molar-refractivity contribution in [1.82, 2.24) is 4.90 Å². The highest BCUT2D eigenvalue weighted by Gasteiger charge is 2.11. The first kappa shape index (κ1) is 19.5. The molecule has 0 saturated carbocycles. The molecule has 138 valence electrons. The smallest absolute Gasteiger partial charge is 0.260 e. The second-order valence-electron chi connectivity index (χ2n) is 6.40. The van der Waals surface area contributed by atoms with E-state index >= 15 is 0 Å². The van der Waals surface area contributed by atoms with E-state index in [1.807, 2.05) is 50.2 Å². The maximum atomic E-state index is 12.3. The summed E-state index contributed by atoms with van der Waals surface area (Å²) in [5, 5.41) is 0. The van der Waals surface area contributed by atoms with Gasteiger partial charge in [-0.15, -0.1) is 0 Å². The van der Waals surface area contributed by atoms with Gasteiger partial charge in [0.05, 0.1) is 0 Å². The molecule has 0 spiro atoms. The van der Waals surface area contributed by atoms with Crippen molar-refractivity contribution in [2.45, 2.75) is 19.9 Å².